The van der Waals surface area contributed by atoms with Gasteiger partial charge in [-0.2, -0.15) is 18.3 Å². The summed E-state index contributed by atoms with van der Waals surface area (Å²) >= 11 is 0. The summed E-state index contributed by atoms with van der Waals surface area (Å²) < 4.78 is 14.8. The normalized spacial score (nSPS) is 18.0. The average molecular weight is 1890 g/mol. The van der Waals surface area contributed by atoms with Crippen LogP contribution in [-0.4, -0.2) is 95.6 Å². The zero-order valence-corrected chi connectivity index (χ0v) is 84.7. The lowest BCUT2D eigenvalue weighted by Gasteiger charge is -2.49. The monoisotopic (exact) mass is 1890 g/mol. The Morgan fingerprint density at radius 3 is 0.692 bits per heavy atom. The van der Waals surface area contributed by atoms with Gasteiger partial charge in [0.25, 0.3) is 35.0 Å². The van der Waals surface area contributed by atoms with E-state index in [0.29, 0.717) is 0 Å². The molecule has 36 rings (SSSR count). The summed E-state index contributed by atoms with van der Waals surface area (Å²) in [6.07, 6.45) is -0.543. The predicted octanol–water partition coefficient (Wildman–Crippen LogP) is 30.7. The molecule has 2 spiro atoms. The summed E-state index contributed by atoms with van der Waals surface area (Å²) in [5, 5.41) is 41.5. The van der Waals surface area contributed by atoms with Gasteiger partial charge in [0.2, 0.25) is 46.6 Å². The number of benzene rings is 20. The fraction of sp³-hybridized carbons (Fsp3) is 0.154. The Labute approximate surface area is 846 Å². The number of hydrogen-bond donors (Lipinski definition) is 2. The van der Waals surface area contributed by atoms with Crippen molar-refractivity contribution in [3.05, 3.63) is 406 Å². The SMILES string of the molecule is CC.CC.CC.CC.CC.CC.CC.CC.c1ccc2cc3c(cc2c1)C1=Nc2c4cc5ccccc5cc4c4n2C25N6C(=NC3=[N+]12)c1cc2ccccc2cc1C6NC1=[N+]5C(=N4)c2cc3ccccc3cc21.c1ccc2cc3cc4c(cc3cc2c1)C1=Nc2c3cc5cc6ccccc6cc5cc3c3n2C25N6C(=NC4=[N+]12)c1cc2cc4ccccc4cc2cc1C6NC1=[N+]5C(=N3)c2cc3cc4ccccc4cc3cc21. The highest BCUT2D eigenvalue weighted by Gasteiger charge is 2.78. The Morgan fingerprint density at radius 1 is 0.199 bits per heavy atom. The van der Waals surface area contributed by atoms with Crippen LogP contribution in [0.2, 0.25) is 0 Å². The molecule has 20 aromatic carbocycles. The van der Waals surface area contributed by atoms with Gasteiger partial charge in [0.15, 0.2) is 12.3 Å². The van der Waals surface area contributed by atoms with Crippen molar-refractivity contribution in [1.82, 2.24) is 29.6 Å². The minimum absolute atomic E-state index is 0.236. The molecule has 0 radical (unpaired) electrons. The molecule has 4 atom stereocenters. The molecule has 0 bridgehead atoms. The Balaban J connectivity index is 0.000000131. The quantitative estimate of drug-likeness (QED) is 0.116. The van der Waals surface area contributed by atoms with Gasteiger partial charge in [-0.25, -0.2) is 9.80 Å². The van der Waals surface area contributed by atoms with E-state index in [1.807, 2.05) is 111 Å². The average Bonchev–Trinajstić information content (AvgIpc) is 1.45. The Kier molecular flexibility index (Phi) is 19.5. The highest BCUT2D eigenvalue weighted by atomic mass is 15.8. The van der Waals surface area contributed by atoms with Gasteiger partial charge < -0.3 is 0 Å². The lowest BCUT2D eigenvalue weighted by molar-refractivity contribution is -0.813. The number of nitrogens with one attached hydrogen (secondary N) is 2. The summed E-state index contributed by atoms with van der Waals surface area (Å²) in [6.45, 7) is 32.0. The fourth-order valence-corrected chi connectivity index (χ4v) is 25.2. The van der Waals surface area contributed by atoms with Crippen LogP contribution in [0.4, 0.5) is 23.3 Å². The largest absolute Gasteiger partial charge is 0.401 e. The molecule has 4 unspecified atom stereocenters. The number of hydrogen-bond acceptors (Lipinski definition) is 10. The Morgan fingerprint density at radius 2 is 0.390 bits per heavy atom. The molecular weight excluding hydrogens is 1790 g/mol. The molecule has 0 fully saturated rings. The van der Waals surface area contributed by atoms with E-state index in [2.05, 4.69) is 388 Å². The van der Waals surface area contributed by atoms with Crippen molar-refractivity contribution in [3.8, 4) is 0 Å². The van der Waals surface area contributed by atoms with Gasteiger partial charge >= 0.3 is 11.8 Å². The molecule has 16 nitrogen and oxygen atoms in total. The van der Waals surface area contributed by atoms with Gasteiger partial charge in [-0.1, -0.05) is 335 Å². The molecule has 22 aromatic rings. The number of nitrogens with zero attached hydrogens (tertiary/aromatic N) is 14. The van der Waals surface area contributed by atoms with E-state index in [-0.39, 0.29) is 12.3 Å². The number of amidine groups is 10. The van der Waals surface area contributed by atoms with Crippen LogP contribution in [-0.2, 0) is 11.8 Å². The molecule has 704 valence electrons. The van der Waals surface area contributed by atoms with Crippen molar-refractivity contribution in [3.63, 3.8) is 0 Å². The summed E-state index contributed by atoms with van der Waals surface area (Å²) in [7, 11) is 0. The van der Waals surface area contributed by atoms with Crippen LogP contribution >= 0.6 is 0 Å². The minimum atomic E-state index is -1.09. The number of aromatic nitrogens is 2. The fourth-order valence-electron chi connectivity index (χ4n) is 25.2. The maximum absolute atomic E-state index is 5.95. The van der Waals surface area contributed by atoms with Gasteiger partial charge in [-0.05, 0) is 275 Å². The maximum Gasteiger partial charge on any atom is 0.401 e. The standard InChI is InChI=1S/C65H33N8.C49H25N8.8C2H6/c1-2-10-34-18-42-26-50-49(25-41(42)17-33(34)9-1)57-66-59-51-27-43-19-35-11-3-4-12-36(35)20-44(43)28-52(51)61-68-63-55-31-47-23-39-15-7-8-16-40(39)24-48(47)32-56(55)64-69-62-54-30-46-22-38-14-6-5-13-37(38)21-45(46)29-53(54)60-67-58(50)70(57)65(71(59)61,72(60)62)73(63)64;1-2-10-26-18-34-33(17-25(26)9-1)41-50-43-35-19-27-11-3-4-12-28(27)20-36(35)45-52-47-39-23-31-15-7-8-16-32(31)24-40(39)48-53-46-38-22-30-14-6-5-13-29(30)21-37(38)44-51-42(34)54(41)49(55(43)45,56(44)46)57(47)48;8*1-2/h1-32,57H;1-24,41H;8*1-2H3/q2*+1;;;;;;;;/p+2. The topological polar surface area (TPSA) is 127 Å². The van der Waals surface area contributed by atoms with E-state index < -0.39 is 11.8 Å². The second-order valence-electron chi connectivity index (χ2n) is 37.1. The first-order valence-electron chi connectivity index (χ1n) is 52.7. The smallest absolute Gasteiger partial charge is 0.280 e. The molecule has 14 aliphatic rings. The van der Waals surface area contributed by atoms with Gasteiger partial charge in [-0.15, -0.1) is 9.15 Å². The van der Waals surface area contributed by atoms with Crippen LogP contribution in [0.1, 0.15) is 190 Å². The van der Waals surface area contributed by atoms with Crippen LogP contribution in [0.25, 0.3) is 151 Å². The van der Waals surface area contributed by atoms with Crippen molar-refractivity contribution >= 4 is 232 Å². The third kappa shape index (κ3) is 11.2. The minimum Gasteiger partial charge on any atom is -0.280 e. The highest BCUT2D eigenvalue weighted by molar-refractivity contribution is 6.30. The van der Waals surface area contributed by atoms with Gasteiger partial charge in [-0.3, -0.25) is 10.6 Å². The summed E-state index contributed by atoms with van der Waals surface area (Å²) in [5.41, 5.74) is 13.5. The second-order valence-corrected chi connectivity index (χ2v) is 37.1. The van der Waals surface area contributed by atoms with Crippen molar-refractivity contribution < 1.29 is 18.3 Å². The first-order valence-corrected chi connectivity index (χ1v) is 52.7. The first kappa shape index (κ1) is 87.5. The van der Waals surface area contributed by atoms with Crippen LogP contribution in [0.15, 0.2) is 370 Å². The molecule has 0 saturated carbocycles. The molecular formula is C130H108N16+4. The third-order valence-electron chi connectivity index (χ3n) is 30.8. The van der Waals surface area contributed by atoms with E-state index in [9.17, 15) is 0 Å². The molecule has 2 N–H and O–H groups in total. The van der Waals surface area contributed by atoms with Crippen LogP contribution < -0.4 is 10.6 Å². The van der Waals surface area contributed by atoms with Crippen LogP contribution in [0.5, 0.6) is 0 Å². The van der Waals surface area contributed by atoms with E-state index in [1.54, 1.807) is 0 Å². The highest BCUT2D eigenvalue weighted by Crippen LogP contribution is 2.63. The lowest BCUT2D eigenvalue weighted by atomic mass is 9.97. The zero-order valence-electron chi connectivity index (χ0n) is 84.7. The summed E-state index contributed by atoms with van der Waals surface area (Å²) in [6, 6.07) is 126. The number of fused-ring (bicyclic) bond motifs is 36. The van der Waals surface area contributed by atoms with Gasteiger partial charge in [0.1, 0.15) is 0 Å². The van der Waals surface area contributed by atoms with Crippen molar-refractivity contribution in [2.45, 2.75) is 135 Å². The molecule has 14 aliphatic heterocycles. The van der Waals surface area contributed by atoms with Crippen molar-refractivity contribution in [1.29, 1.82) is 0 Å². The van der Waals surface area contributed by atoms with Crippen LogP contribution in [0, 0.1) is 0 Å². The molecule has 0 aliphatic carbocycles. The summed E-state index contributed by atoms with van der Waals surface area (Å²) in [4.78, 5) is 40.2. The van der Waals surface area contributed by atoms with E-state index in [4.69, 9.17) is 30.0 Å². The van der Waals surface area contributed by atoms with Gasteiger partial charge in [0.05, 0.1) is 44.5 Å². The number of rotatable bonds is 0. The molecule has 146 heavy (non-hydrogen) atoms. The van der Waals surface area contributed by atoms with E-state index in [0.717, 1.165) is 159 Å². The van der Waals surface area contributed by atoms with Gasteiger partial charge in [0, 0.05) is 43.8 Å². The second kappa shape index (κ2) is 32.5. The van der Waals surface area contributed by atoms with E-state index >= 15 is 0 Å². The van der Waals surface area contributed by atoms with Crippen LogP contribution in [0.3, 0.4) is 0 Å². The Hall–Kier alpha value is -17.5. The summed E-state index contributed by atoms with van der Waals surface area (Å²) in [5.74, 6) is 10.9. The molecule has 2 aromatic heterocycles. The lowest BCUT2D eigenvalue weighted by Crippen LogP contribution is -2.75. The first-order chi connectivity index (χ1) is 72.3. The maximum atomic E-state index is 5.95. The predicted molar refractivity (Wildman–Crippen MR) is 610 cm³/mol. The van der Waals surface area contributed by atoms with Crippen molar-refractivity contribution in [2.75, 3.05) is 0 Å². The van der Waals surface area contributed by atoms with E-state index in [1.165, 1.54) is 140 Å². The van der Waals surface area contributed by atoms with Crippen molar-refractivity contribution in [2.24, 2.45) is 30.0 Å². The Bertz CT molecular complexity index is 9950. The zero-order chi connectivity index (χ0) is 99.2. The molecule has 16 heteroatoms. The third-order valence-corrected chi connectivity index (χ3v) is 30.8. The molecule has 16 heterocycles. The number of aliphatic imine (C=N–C) groups is 6. The molecule has 0 saturated heterocycles. The molecule has 0 amide bonds.